The Hall–Kier alpha value is -1.38. The van der Waals surface area contributed by atoms with Crippen LogP contribution in [0.5, 0.6) is 5.75 Å². The second kappa shape index (κ2) is 6.38. The number of rotatable bonds is 4. The average molecular weight is 275 g/mol. The molecule has 1 aliphatic rings. The van der Waals surface area contributed by atoms with Crippen LogP contribution in [0.3, 0.4) is 0 Å². The Bertz CT molecular complexity index is 496. The zero-order valence-electron chi connectivity index (χ0n) is 13.0. The van der Waals surface area contributed by atoms with E-state index in [1.165, 1.54) is 12.8 Å². The van der Waals surface area contributed by atoms with Crippen molar-refractivity contribution in [3.63, 3.8) is 0 Å². The van der Waals surface area contributed by atoms with Crippen molar-refractivity contribution in [3.8, 4) is 5.75 Å². The van der Waals surface area contributed by atoms with Crippen molar-refractivity contribution in [2.45, 2.75) is 52.9 Å². The molecule has 0 amide bonds. The lowest BCUT2D eigenvalue weighted by Crippen LogP contribution is -2.23. The molecule has 2 unspecified atom stereocenters. The predicted octanol–water partition coefficient (Wildman–Crippen LogP) is 3.64. The summed E-state index contributed by atoms with van der Waals surface area (Å²) in [6.45, 7) is 6.22. The number of nitrogens with zero attached hydrogens (tertiary/aromatic N) is 1. The lowest BCUT2D eigenvalue weighted by atomic mass is 9.79. The van der Waals surface area contributed by atoms with Gasteiger partial charge in [0.1, 0.15) is 11.5 Å². The lowest BCUT2D eigenvalue weighted by Gasteiger charge is -2.25. The van der Waals surface area contributed by atoms with Gasteiger partial charge in [0, 0.05) is 29.7 Å². The zero-order valence-corrected chi connectivity index (χ0v) is 13.0. The minimum absolute atomic E-state index is 0.229. The van der Waals surface area contributed by atoms with E-state index in [0.717, 1.165) is 35.4 Å². The van der Waals surface area contributed by atoms with Crippen molar-refractivity contribution >= 4 is 5.78 Å². The van der Waals surface area contributed by atoms with E-state index < -0.39 is 0 Å². The second-order valence-corrected chi connectivity index (χ2v) is 6.16. The quantitative estimate of drug-likeness (QED) is 0.842. The largest absolute Gasteiger partial charge is 0.496 e. The SMILES string of the molecule is COc1c(C)cnc(CC(=O)C2CCCC(C)C2)c1C. The van der Waals surface area contributed by atoms with E-state index in [0.29, 0.717) is 18.1 Å². The first-order chi connectivity index (χ1) is 9.52. The summed E-state index contributed by atoms with van der Waals surface area (Å²) in [7, 11) is 1.67. The van der Waals surface area contributed by atoms with Gasteiger partial charge in [-0.3, -0.25) is 9.78 Å². The van der Waals surface area contributed by atoms with Gasteiger partial charge in [0.15, 0.2) is 0 Å². The molecule has 0 aromatic carbocycles. The summed E-state index contributed by atoms with van der Waals surface area (Å²) in [5, 5.41) is 0. The molecule has 3 heteroatoms. The summed E-state index contributed by atoms with van der Waals surface area (Å²) in [5.74, 6) is 2.12. The number of carbonyl (C=O) groups excluding carboxylic acids is 1. The summed E-state index contributed by atoms with van der Waals surface area (Å²) >= 11 is 0. The van der Waals surface area contributed by atoms with Gasteiger partial charge in [-0.25, -0.2) is 0 Å². The summed E-state index contributed by atoms with van der Waals surface area (Å²) in [6.07, 6.45) is 6.78. The number of hydrogen-bond acceptors (Lipinski definition) is 3. The number of carbonyl (C=O) groups is 1. The fourth-order valence-corrected chi connectivity index (χ4v) is 3.29. The first kappa shape index (κ1) is 15.0. The van der Waals surface area contributed by atoms with Crippen molar-refractivity contribution in [1.29, 1.82) is 0 Å². The molecule has 110 valence electrons. The number of Topliss-reactive ketones (excluding diaryl/α,β-unsaturated/α-hetero) is 1. The highest BCUT2D eigenvalue weighted by Gasteiger charge is 2.26. The maximum atomic E-state index is 12.5. The standard InChI is InChI=1S/C17H25NO2/c1-11-6-5-7-14(8-11)16(19)9-15-13(3)17(20-4)12(2)10-18-15/h10-11,14H,5-9H2,1-4H3. The van der Waals surface area contributed by atoms with Crippen LogP contribution in [0.4, 0.5) is 0 Å². The van der Waals surface area contributed by atoms with E-state index in [9.17, 15) is 4.79 Å². The van der Waals surface area contributed by atoms with E-state index in [2.05, 4.69) is 11.9 Å². The fraction of sp³-hybridized carbons (Fsp3) is 0.647. The molecule has 1 aromatic rings. The summed E-state index contributed by atoms with van der Waals surface area (Å²) in [4.78, 5) is 16.9. The number of pyridine rings is 1. The van der Waals surface area contributed by atoms with Crippen LogP contribution in [-0.2, 0) is 11.2 Å². The number of hydrogen-bond donors (Lipinski definition) is 0. The molecule has 1 aromatic heterocycles. The maximum Gasteiger partial charge on any atom is 0.141 e. The van der Waals surface area contributed by atoms with Crippen LogP contribution in [0.2, 0.25) is 0 Å². The zero-order chi connectivity index (χ0) is 14.7. The van der Waals surface area contributed by atoms with Crippen LogP contribution in [-0.4, -0.2) is 17.9 Å². The molecule has 1 heterocycles. The first-order valence-electron chi connectivity index (χ1n) is 7.54. The molecule has 1 saturated carbocycles. The summed E-state index contributed by atoms with van der Waals surface area (Å²) < 4.78 is 5.41. The molecular formula is C17H25NO2. The summed E-state index contributed by atoms with van der Waals surface area (Å²) in [6, 6.07) is 0. The Kier molecular flexibility index (Phi) is 4.79. The molecule has 20 heavy (non-hydrogen) atoms. The van der Waals surface area contributed by atoms with Crippen LogP contribution in [0.25, 0.3) is 0 Å². The van der Waals surface area contributed by atoms with Gasteiger partial charge in [0.25, 0.3) is 0 Å². The number of ketones is 1. The molecule has 2 rings (SSSR count). The van der Waals surface area contributed by atoms with Gasteiger partial charge in [-0.15, -0.1) is 0 Å². The Balaban J connectivity index is 2.11. The third kappa shape index (κ3) is 3.20. The predicted molar refractivity (Wildman–Crippen MR) is 80.1 cm³/mol. The van der Waals surface area contributed by atoms with Crippen molar-refractivity contribution in [2.24, 2.45) is 11.8 Å². The molecule has 0 radical (unpaired) electrons. The normalized spacial score (nSPS) is 22.6. The van der Waals surface area contributed by atoms with Gasteiger partial charge in [-0.2, -0.15) is 0 Å². The Labute approximate surface area is 121 Å². The average Bonchev–Trinajstić information content (AvgIpc) is 2.42. The van der Waals surface area contributed by atoms with E-state index >= 15 is 0 Å². The number of aryl methyl sites for hydroxylation is 1. The molecule has 0 aliphatic heterocycles. The molecule has 1 fully saturated rings. The third-order valence-electron chi connectivity index (χ3n) is 4.48. The molecule has 0 bridgehead atoms. The highest BCUT2D eigenvalue weighted by atomic mass is 16.5. The topological polar surface area (TPSA) is 39.2 Å². The minimum atomic E-state index is 0.229. The van der Waals surface area contributed by atoms with Gasteiger partial charge in [-0.1, -0.05) is 19.8 Å². The minimum Gasteiger partial charge on any atom is -0.496 e. The van der Waals surface area contributed by atoms with Crippen LogP contribution in [0, 0.1) is 25.7 Å². The van der Waals surface area contributed by atoms with Crippen molar-refractivity contribution in [1.82, 2.24) is 4.98 Å². The summed E-state index contributed by atoms with van der Waals surface area (Å²) in [5.41, 5.74) is 2.90. The number of aromatic nitrogens is 1. The third-order valence-corrected chi connectivity index (χ3v) is 4.48. The van der Waals surface area contributed by atoms with Crippen LogP contribution in [0.1, 0.15) is 49.4 Å². The molecule has 3 nitrogen and oxygen atoms in total. The van der Waals surface area contributed by atoms with E-state index in [-0.39, 0.29) is 5.92 Å². The smallest absolute Gasteiger partial charge is 0.141 e. The number of methoxy groups -OCH3 is 1. The molecular weight excluding hydrogens is 250 g/mol. The highest BCUT2D eigenvalue weighted by molar-refractivity contribution is 5.83. The fourth-order valence-electron chi connectivity index (χ4n) is 3.29. The Morgan fingerprint density at radius 2 is 2.15 bits per heavy atom. The maximum absolute atomic E-state index is 12.5. The van der Waals surface area contributed by atoms with Crippen molar-refractivity contribution in [3.05, 3.63) is 23.0 Å². The van der Waals surface area contributed by atoms with Gasteiger partial charge in [0.2, 0.25) is 0 Å². The van der Waals surface area contributed by atoms with Crippen LogP contribution in [0.15, 0.2) is 6.20 Å². The van der Waals surface area contributed by atoms with Crippen LogP contribution >= 0.6 is 0 Å². The first-order valence-corrected chi connectivity index (χ1v) is 7.54. The molecule has 0 saturated heterocycles. The Morgan fingerprint density at radius 1 is 1.40 bits per heavy atom. The van der Waals surface area contributed by atoms with E-state index in [1.807, 2.05) is 13.8 Å². The van der Waals surface area contributed by atoms with Gasteiger partial charge in [-0.05, 0) is 32.6 Å². The van der Waals surface area contributed by atoms with Crippen LogP contribution < -0.4 is 4.74 Å². The molecule has 2 atom stereocenters. The molecule has 1 aliphatic carbocycles. The Morgan fingerprint density at radius 3 is 2.80 bits per heavy atom. The monoisotopic (exact) mass is 275 g/mol. The highest BCUT2D eigenvalue weighted by Crippen LogP contribution is 2.31. The molecule has 0 spiro atoms. The van der Waals surface area contributed by atoms with E-state index in [1.54, 1.807) is 13.3 Å². The number of ether oxygens (including phenoxy) is 1. The molecule has 0 N–H and O–H groups in total. The lowest BCUT2D eigenvalue weighted by molar-refractivity contribution is -0.123. The van der Waals surface area contributed by atoms with Gasteiger partial charge in [0.05, 0.1) is 12.8 Å². The van der Waals surface area contributed by atoms with E-state index in [4.69, 9.17) is 4.74 Å². The van der Waals surface area contributed by atoms with Crippen molar-refractivity contribution in [2.75, 3.05) is 7.11 Å². The second-order valence-electron chi connectivity index (χ2n) is 6.16. The van der Waals surface area contributed by atoms with Gasteiger partial charge < -0.3 is 4.74 Å². The van der Waals surface area contributed by atoms with Crippen molar-refractivity contribution < 1.29 is 9.53 Å². The van der Waals surface area contributed by atoms with Gasteiger partial charge >= 0.3 is 0 Å².